The fourth-order valence-corrected chi connectivity index (χ4v) is 5.94. The molecule has 3 aromatic rings. The van der Waals surface area contributed by atoms with Crippen LogP contribution >= 0.6 is 11.6 Å². The van der Waals surface area contributed by atoms with Crippen LogP contribution in [0.2, 0.25) is 5.02 Å². The van der Waals surface area contributed by atoms with Crippen molar-refractivity contribution in [2.24, 2.45) is 0 Å². The molecular formula is C24H29ClN4O3S. The van der Waals surface area contributed by atoms with Crippen molar-refractivity contribution in [2.45, 2.75) is 57.4 Å². The third-order valence-corrected chi connectivity index (χ3v) is 8.13. The molecule has 1 aromatic heterocycles. The summed E-state index contributed by atoms with van der Waals surface area (Å²) in [5.74, 6) is 0.660. The highest BCUT2D eigenvalue weighted by Gasteiger charge is 2.28. The summed E-state index contributed by atoms with van der Waals surface area (Å²) < 4.78 is 29.6. The van der Waals surface area contributed by atoms with E-state index in [1.54, 1.807) is 28.6 Å². The number of halogens is 1. The number of hydrogen-bond donors (Lipinski definition) is 1. The van der Waals surface area contributed by atoms with E-state index < -0.39 is 10.0 Å². The molecule has 1 aliphatic heterocycles. The largest absolute Gasteiger partial charge is 0.328 e. The molecule has 176 valence electrons. The van der Waals surface area contributed by atoms with Gasteiger partial charge in [0.1, 0.15) is 5.82 Å². The molecule has 2 heterocycles. The predicted molar refractivity (Wildman–Crippen MR) is 131 cm³/mol. The van der Waals surface area contributed by atoms with Crippen molar-refractivity contribution >= 4 is 44.3 Å². The number of rotatable bonds is 8. The smallest absolute Gasteiger partial charge is 0.243 e. The van der Waals surface area contributed by atoms with Crippen molar-refractivity contribution in [1.82, 2.24) is 13.9 Å². The Hall–Kier alpha value is -2.42. The first-order chi connectivity index (χ1) is 15.8. The maximum Gasteiger partial charge on any atom is 0.243 e. The van der Waals surface area contributed by atoms with Crippen LogP contribution < -0.4 is 5.32 Å². The van der Waals surface area contributed by atoms with E-state index in [4.69, 9.17) is 16.6 Å². The summed E-state index contributed by atoms with van der Waals surface area (Å²) in [4.78, 5) is 17.6. The minimum atomic E-state index is -3.50. The summed E-state index contributed by atoms with van der Waals surface area (Å²) in [6, 6.07) is 10.6. The van der Waals surface area contributed by atoms with Crippen molar-refractivity contribution in [1.29, 1.82) is 0 Å². The molecule has 0 saturated carbocycles. The Balaban J connectivity index is 1.55. The number of sulfonamides is 1. The van der Waals surface area contributed by atoms with E-state index in [0.717, 1.165) is 42.7 Å². The van der Waals surface area contributed by atoms with Crippen molar-refractivity contribution in [3.05, 3.63) is 52.8 Å². The molecule has 0 atom stereocenters. The molecule has 1 fully saturated rings. The molecule has 1 aliphatic rings. The van der Waals surface area contributed by atoms with Crippen LogP contribution in [0, 0.1) is 6.92 Å². The summed E-state index contributed by atoms with van der Waals surface area (Å²) in [5.41, 5.74) is 3.17. The van der Waals surface area contributed by atoms with Crippen LogP contribution in [0.15, 0.2) is 41.3 Å². The zero-order chi connectivity index (χ0) is 23.6. The highest BCUT2D eigenvalue weighted by molar-refractivity contribution is 7.89. The van der Waals surface area contributed by atoms with Crippen LogP contribution in [-0.2, 0) is 27.8 Å². The van der Waals surface area contributed by atoms with Crippen LogP contribution in [0.3, 0.4) is 0 Å². The van der Waals surface area contributed by atoms with Crippen LogP contribution in [0.1, 0.15) is 44.0 Å². The fraction of sp³-hybridized carbons (Fsp3) is 0.417. The SMILES string of the molecule is CCCn1c(CCC(=O)Nc2cc(Cl)ccc2C)nc2cc(S(=O)(=O)N3CCCC3)ccc21. The van der Waals surface area contributed by atoms with Crippen molar-refractivity contribution in [3.63, 3.8) is 0 Å². The first-order valence-corrected chi connectivity index (χ1v) is 13.2. The summed E-state index contributed by atoms with van der Waals surface area (Å²) in [5, 5.41) is 3.49. The van der Waals surface area contributed by atoms with E-state index in [2.05, 4.69) is 16.8 Å². The first kappa shape index (κ1) is 23.7. The molecule has 0 bridgehead atoms. The van der Waals surface area contributed by atoms with Gasteiger partial charge in [-0.1, -0.05) is 24.6 Å². The minimum absolute atomic E-state index is 0.118. The second-order valence-corrected chi connectivity index (χ2v) is 10.8. The number of benzene rings is 2. The van der Waals surface area contributed by atoms with Gasteiger partial charge >= 0.3 is 0 Å². The Morgan fingerprint density at radius 1 is 1.15 bits per heavy atom. The lowest BCUT2D eigenvalue weighted by atomic mass is 10.2. The van der Waals surface area contributed by atoms with Crippen molar-refractivity contribution < 1.29 is 13.2 Å². The van der Waals surface area contributed by atoms with Crippen LogP contribution in [0.5, 0.6) is 0 Å². The number of amides is 1. The molecule has 0 unspecified atom stereocenters. The number of fused-ring (bicyclic) bond motifs is 1. The van der Waals surface area contributed by atoms with Gasteiger partial charge < -0.3 is 9.88 Å². The maximum atomic E-state index is 13.0. The molecule has 0 aliphatic carbocycles. The fourth-order valence-electron chi connectivity index (χ4n) is 4.23. The Kier molecular flexibility index (Phi) is 7.07. The molecule has 1 saturated heterocycles. The Morgan fingerprint density at radius 2 is 1.91 bits per heavy atom. The average Bonchev–Trinajstić information content (AvgIpc) is 3.44. The monoisotopic (exact) mass is 488 g/mol. The Labute approximate surface area is 199 Å². The Morgan fingerprint density at radius 3 is 2.64 bits per heavy atom. The summed E-state index contributed by atoms with van der Waals surface area (Å²) in [6.45, 7) is 5.88. The number of nitrogens with one attached hydrogen (secondary N) is 1. The molecular weight excluding hydrogens is 460 g/mol. The second kappa shape index (κ2) is 9.83. The standard InChI is InChI=1S/C24H29ClN4O3S/c1-3-12-29-22-9-8-19(33(31,32)28-13-4-5-14-28)16-21(22)26-23(29)10-11-24(30)27-20-15-18(25)7-6-17(20)2/h6-9,15-16H,3-5,10-14H2,1-2H3,(H,27,30). The van der Waals surface area contributed by atoms with Crippen LogP contribution in [0.4, 0.5) is 5.69 Å². The van der Waals surface area contributed by atoms with Gasteiger partial charge in [-0.2, -0.15) is 4.31 Å². The van der Waals surface area contributed by atoms with E-state index in [0.29, 0.717) is 35.7 Å². The normalized spacial score (nSPS) is 14.8. The van der Waals surface area contributed by atoms with Crippen LogP contribution in [-0.4, -0.2) is 41.3 Å². The predicted octanol–water partition coefficient (Wildman–Crippen LogP) is 4.76. The van der Waals surface area contributed by atoms with Gasteiger partial charge in [0.2, 0.25) is 15.9 Å². The van der Waals surface area contributed by atoms with E-state index >= 15 is 0 Å². The number of anilines is 1. The molecule has 1 amide bonds. The van der Waals surface area contributed by atoms with Gasteiger partial charge in [0.05, 0.1) is 15.9 Å². The molecule has 4 rings (SSSR count). The number of imidazole rings is 1. The number of carbonyl (C=O) groups is 1. The molecule has 2 aromatic carbocycles. The van der Waals surface area contributed by atoms with Crippen molar-refractivity contribution in [3.8, 4) is 0 Å². The summed E-state index contributed by atoms with van der Waals surface area (Å²) >= 11 is 6.05. The third kappa shape index (κ3) is 5.08. The van der Waals surface area contributed by atoms with Crippen LogP contribution in [0.25, 0.3) is 11.0 Å². The highest BCUT2D eigenvalue weighted by Crippen LogP contribution is 2.26. The van der Waals surface area contributed by atoms with E-state index in [1.807, 2.05) is 19.1 Å². The zero-order valence-corrected chi connectivity index (χ0v) is 20.5. The molecule has 0 spiro atoms. The van der Waals surface area contributed by atoms with Gasteiger partial charge in [-0.25, -0.2) is 13.4 Å². The lowest BCUT2D eigenvalue weighted by Gasteiger charge is -2.15. The van der Waals surface area contributed by atoms with Crippen molar-refractivity contribution in [2.75, 3.05) is 18.4 Å². The van der Waals surface area contributed by atoms with Gasteiger partial charge in [0.25, 0.3) is 0 Å². The summed E-state index contributed by atoms with van der Waals surface area (Å²) in [6.07, 6.45) is 3.41. The molecule has 7 nitrogen and oxygen atoms in total. The number of carbonyl (C=O) groups excluding carboxylic acids is 1. The molecule has 1 N–H and O–H groups in total. The number of aryl methyl sites for hydroxylation is 3. The quantitative estimate of drug-likeness (QED) is 0.495. The van der Waals surface area contributed by atoms with E-state index in [1.165, 1.54) is 0 Å². The minimum Gasteiger partial charge on any atom is -0.328 e. The number of nitrogens with zero attached hydrogens (tertiary/aromatic N) is 3. The van der Waals surface area contributed by atoms with E-state index in [-0.39, 0.29) is 17.2 Å². The third-order valence-electron chi connectivity index (χ3n) is 6.00. The molecule has 33 heavy (non-hydrogen) atoms. The molecule has 9 heteroatoms. The topological polar surface area (TPSA) is 84.3 Å². The molecule has 0 radical (unpaired) electrons. The Bertz CT molecular complexity index is 1280. The van der Waals surface area contributed by atoms with Gasteiger partial charge in [-0.3, -0.25) is 4.79 Å². The number of hydrogen-bond acceptors (Lipinski definition) is 4. The maximum absolute atomic E-state index is 13.0. The highest BCUT2D eigenvalue weighted by atomic mass is 35.5. The second-order valence-electron chi connectivity index (χ2n) is 8.45. The van der Waals surface area contributed by atoms with Gasteiger partial charge in [0, 0.05) is 43.2 Å². The van der Waals surface area contributed by atoms with Gasteiger partial charge in [-0.15, -0.1) is 0 Å². The lowest BCUT2D eigenvalue weighted by Crippen LogP contribution is -2.27. The zero-order valence-electron chi connectivity index (χ0n) is 19.0. The average molecular weight is 489 g/mol. The number of aromatic nitrogens is 2. The first-order valence-electron chi connectivity index (χ1n) is 11.3. The summed E-state index contributed by atoms with van der Waals surface area (Å²) in [7, 11) is -3.50. The lowest BCUT2D eigenvalue weighted by molar-refractivity contribution is -0.116. The van der Waals surface area contributed by atoms with Gasteiger partial charge in [-0.05, 0) is 62.1 Å². The van der Waals surface area contributed by atoms with Gasteiger partial charge in [0.15, 0.2) is 0 Å². The van der Waals surface area contributed by atoms with E-state index in [9.17, 15) is 13.2 Å².